The summed E-state index contributed by atoms with van der Waals surface area (Å²) >= 11 is 2.62. The lowest BCUT2D eigenvalue weighted by Gasteiger charge is -2.08. The molecule has 3 aromatic heterocycles. The number of thiazole rings is 2. The van der Waals surface area contributed by atoms with E-state index in [1.165, 1.54) is 22.7 Å². The van der Waals surface area contributed by atoms with Gasteiger partial charge in [0.2, 0.25) is 5.91 Å². The molecular formula is C24H22N4O3S2. The molecule has 0 fully saturated rings. The molecule has 1 N–H and O–H groups in total. The normalized spacial score (nSPS) is 10.8. The van der Waals surface area contributed by atoms with Gasteiger partial charge in [-0.1, -0.05) is 18.2 Å². The summed E-state index contributed by atoms with van der Waals surface area (Å²) in [5.74, 6) is -0.585. The molecule has 0 saturated heterocycles. The number of amides is 1. The summed E-state index contributed by atoms with van der Waals surface area (Å²) in [4.78, 5) is 38.6. The van der Waals surface area contributed by atoms with Crippen molar-refractivity contribution in [2.24, 2.45) is 0 Å². The number of rotatable bonds is 7. The molecule has 168 valence electrons. The molecule has 0 aliphatic carbocycles. The number of aryl methyl sites for hydroxylation is 3. The summed E-state index contributed by atoms with van der Waals surface area (Å²) in [6.45, 7) is 5.74. The maximum absolute atomic E-state index is 12.6. The fourth-order valence-corrected chi connectivity index (χ4v) is 4.80. The molecule has 7 nitrogen and oxygen atoms in total. The summed E-state index contributed by atoms with van der Waals surface area (Å²) in [6, 6.07) is 11.5. The highest BCUT2D eigenvalue weighted by Gasteiger charge is 2.19. The van der Waals surface area contributed by atoms with E-state index in [1.807, 2.05) is 50.2 Å². The number of carbonyl (C=O) groups is 2. The lowest BCUT2D eigenvalue weighted by molar-refractivity contribution is -0.115. The minimum absolute atomic E-state index is 0.0319. The van der Waals surface area contributed by atoms with Crippen molar-refractivity contribution < 1.29 is 14.3 Å². The molecular weight excluding hydrogens is 456 g/mol. The molecule has 0 radical (unpaired) electrons. The summed E-state index contributed by atoms with van der Waals surface area (Å²) in [7, 11) is 0. The highest BCUT2D eigenvalue weighted by molar-refractivity contribution is 7.17. The molecule has 1 amide bonds. The highest BCUT2D eigenvalue weighted by Crippen LogP contribution is 2.27. The number of carbonyl (C=O) groups excluding carboxylic acids is 2. The first-order chi connectivity index (χ1) is 15.9. The van der Waals surface area contributed by atoms with Crippen molar-refractivity contribution in [2.45, 2.75) is 33.8 Å². The van der Waals surface area contributed by atoms with Crippen molar-refractivity contribution in [1.29, 1.82) is 0 Å². The minimum Gasteiger partial charge on any atom is -0.455 e. The fourth-order valence-electron chi connectivity index (χ4n) is 3.09. The van der Waals surface area contributed by atoms with Gasteiger partial charge in [-0.05, 0) is 50.1 Å². The number of ether oxygens (including phenoxy) is 1. The van der Waals surface area contributed by atoms with Crippen LogP contribution in [0.3, 0.4) is 0 Å². The number of hydrogen-bond acceptors (Lipinski definition) is 8. The monoisotopic (exact) mass is 478 g/mol. The van der Waals surface area contributed by atoms with Gasteiger partial charge in [0.15, 0.2) is 0 Å². The molecule has 0 aliphatic heterocycles. The quantitative estimate of drug-likeness (QED) is 0.370. The Morgan fingerprint density at radius 1 is 1.09 bits per heavy atom. The van der Waals surface area contributed by atoms with Crippen molar-refractivity contribution in [3.8, 4) is 10.7 Å². The van der Waals surface area contributed by atoms with Crippen molar-refractivity contribution in [3.05, 3.63) is 80.4 Å². The van der Waals surface area contributed by atoms with Gasteiger partial charge in [-0.2, -0.15) is 0 Å². The average molecular weight is 479 g/mol. The van der Waals surface area contributed by atoms with Gasteiger partial charge in [0.1, 0.15) is 21.5 Å². The number of nitrogens with one attached hydrogen (secondary N) is 1. The van der Waals surface area contributed by atoms with Gasteiger partial charge >= 0.3 is 5.97 Å². The number of aromatic nitrogens is 3. The second-order valence-electron chi connectivity index (χ2n) is 7.50. The van der Waals surface area contributed by atoms with Crippen LogP contribution in [-0.4, -0.2) is 26.8 Å². The summed E-state index contributed by atoms with van der Waals surface area (Å²) < 4.78 is 5.44. The van der Waals surface area contributed by atoms with Crippen LogP contribution in [0, 0.1) is 20.8 Å². The molecule has 0 atom stereocenters. The van der Waals surface area contributed by atoms with Gasteiger partial charge in [-0.3, -0.25) is 9.78 Å². The van der Waals surface area contributed by atoms with E-state index in [0.29, 0.717) is 32.0 Å². The third-order valence-electron chi connectivity index (χ3n) is 4.80. The number of benzene rings is 1. The minimum atomic E-state index is -0.450. The predicted octanol–water partition coefficient (Wildman–Crippen LogP) is 5.13. The van der Waals surface area contributed by atoms with Crippen LogP contribution < -0.4 is 5.32 Å². The Labute approximate surface area is 199 Å². The smallest absolute Gasteiger partial charge is 0.350 e. The van der Waals surface area contributed by atoms with E-state index in [-0.39, 0.29) is 18.9 Å². The molecule has 0 saturated carbocycles. The van der Waals surface area contributed by atoms with Gasteiger partial charge in [-0.25, -0.2) is 14.8 Å². The third kappa shape index (κ3) is 5.68. The van der Waals surface area contributed by atoms with Gasteiger partial charge < -0.3 is 10.1 Å². The Morgan fingerprint density at radius 2 is 1.94 bits per heavy atom. The molecule has 1 aromatic carbocycles. The van der Waals surface area contributed by atoms with Crippen LogP contribution >= 0.6 is 22.7 Å². The van der Waals surface area contributed by atoms with Crippen LogP contribution in [0.2, 0.25) is 0 Å². The molecule has 0 bridgehead atoms. The Hall–Kier alpha value is -3.43. The maximum atomic E-state index is 12.6. The molecule has 0 unspecified atom stereocenters. The lowest BCUT2D eigenvalue weighted by atomic mass is 10.1. The first kappa shape index (κ1) is 22.8. The van der Waals surface area contributed by atoms with Gasteiger partial charge in [0.25, 0.3) is 0 Å². The predicted molar refractivity (Wildman–Crippen MR) is 130 cm³/mol. The topological polar surface area (TPSA) is 94.1 Å². The summed E-state index contributed by atoms with van der Waals surface area (Å²) in [5.41, 5.74) is 4.81. The summed E-state index contributed by atoms with van der Waals surface area (Å²) in [5, 5.41) is 6.07. The third-order valence-corrected chi connectivity index (χ3v) is 6.85. The molecule has 0 spiro atoms. The number of pyridine rings is 1. The highest BCUT2D eigenvalue weighted by atomic mass is 32.1. The van der Waals surface area contributed by atoms with Crippen LogP contribution in [0.15, 0.2) is 48.0 Å². The van der Waals surface area contributed by atoms with E-state index >= 15 is 0 Å². The zero-order valence-electron chi connectivity index (χ0n) is 18.4. The van der Waals surface area contributed by atoms with Crippen LogP contribution in [0.5, 0.6) is 0 Å². The standard InChI is InChI=1S/C24H22N4O3S2/c1-14-7-8-15(2)19(10-14)28-20(29)11-21-27-17(13-32-21)12-31-24(30)22-16(3)26-23(33-22)18-6-4-5-9-25-18/h4-10,13H,11-12H2,1-3H3,(H,28,29). The van der Waals surface area contributed by atoms with Crippen LogP contribution in [-0.2, 0) is 22.6 Å². The van der Waals surface area contributed by atoms with Crippen LogP contribution in [0.1, 0.15) is 37.2 Å². The van der Waals surface area contributed by atoms with E-state index < -0.39 is 5.97 Å². The Morgan fingerprint density at radius 3 is 2.73 bits per heavy atom. The second-order valence-corrected chi connectivity index (χ2v) is 9.44. The van der Waals surface area contributed by atoms with Crippen LogP contribution in [0.4, 0.5) is 5.69 Å². The number of esters is 1. The molecule has 0 aliphatic rings. The SMILES string of the molecule is Cc1ccc(C)c(NC(=O)Cc2nc(COC(=O)c3sc(-c4ccccn4)nc3C)cs2)c1. The zero-order valence-corrected chi connectivity index (χ0v) is 20.0. The molecule has 4 rings (SSSR count). The Balaban J connectivity index is 1.33. The summed E-state index contributed by atoms with van der Waals surface area (Å²) in [6.07, 6.45) is 1.85. The van der Waals surface area contributed by atoms with E-state index in [2.05, 4.69) is 20.3 Å². The molecule has 9 heteroatoms. The lowest BCUT2D eigenvalue weighted by Crippen LogP contribution is -2.15. The molecule has 3 heterocycles. The molecule has 33 heavy (non-hydrogen) atoms. The Kier molecular flexibility index (Phi) is 6.90. The first-order valence-electron chi connectivity index (χ1n) is 10.3. The van der Waals surface area contributed by atoms with E-state index in [4.69, 9.17) is 4.74 Å². The average Bonchev–Trinajstić information content (AvgIpc) is 3.41. The number of anilines is 1. The fraction of sp³-hybridized carbons (Fsp3) is 0.208. The number of hydrogen-bond donors (Lipinski definition) is 1. The molecule has 4 aromatic rings. The largest absolute Gasteiger partial charge is 0.455 e. The van der Waals surface area contributed by atoms with Crippen molar-refractivity contribution in [1.82, 2.24) is 15.0 Å². The maximum Gasteiger partial charge on any atom is 0.350 e. The van der Waals surface area contributed by atoms with E-state index in [9.17, 15) is 9.59 Å². The van der Waals surface area contributed by atoms with Crippen molar-refractivity contribution in [3.63, 3.8) is 0 Å². The van der Waals surface area contributed by atoms with E-state index in [0.717, 1.165) is 16.8 Å². The van der Waals surface area contributed by atoms with Gasteiger partial charge in [-0.15, -0.1) is 22.7 Å². The number of nitrogens with zero attached hydrogens (tertiary/aromatic N) is 3. The first-order valence-corrected chi connectivity index (χ1v) is 11.9. The van der Waals surface area contributed by atoms with Gasteiger partial charge in [0, 0.05) is 17.3 Å². The zero-order chi connectivity index (χ0) is 23.4. The Bertz CT molecular complexity index is 1300. The van der Waals surface area contributed by atoms with Crippen molar-refractivity contribution >= 4 is 40.2 Å². The second kappa shape index (κ2) is 10.0. The van der Waals surface area contributed by atoms with Gasteiger partial charge in [0.05, 0.1) is 23.5 Å². The van der Waals surface area contributed by atoms with Crippen LogP contribution in [0.25, 0.3) is 10.7 Å². The van der Waals surface area contributed by atoms with E-state index in [1.54, 1.807) is 18.5 Å². The van der Waals surface area contributed by atoms with Crippen molar-refractivity contribution in [2.75, 3.05) is 5.32 Å².